The molecule has 3 nitrogen and oxygen atoms in total. The molecule has 0 amide bonds. The molecule has 1 aromatic rings. The second-order valence-electron chi connectivity index (χ2n) is 4.15. The summed E-state index contributed by atoms with van der Waals surface area (Å²) in [6.45, 7) is 1.59. The number of H-pyrrole nitrogens is 1. The molecule has 0 unspecified atom stereocenters. The number of carbonyl (C=O) groups is 1. The Labute approximate surface area is 84.1 Å². The Bertz CT molecular complexity index is 301. The molecule has 1 saturated carbocycles. The molecule has 1 heterocycles. The van der Waals surface area contributed by atoms with Gasteiger partial charge in [0, 0.05) is 12.7 Å². The number of Topliss-reactive ketones (excluding diaryl/α,β-unsaturated/α-hetero) is 1. The van der Waals surface area contributed by atoms with Gasteiger partial charge in [-0.2, -0.15) is 0 Å². The van der Waals surface area contributed by atoms with Crippen molar-refractivity contribution < 1.29 is 4.79 Å². The number of aromatic nitrogens is 1. The van der Waals surface area contributed by atoms with Crippen LogP contribution in [-0.4, -0.2) is 35.8 Å². The van der Waals surface area contributed by atoms with Crippen molar-refractivity contribution in [2.24, 2.45) is 5.92 Å². The second kappa shape index (κ2) is 3.96. The Hall–Kier alpha value is -1.09. The number of likely N-dealkylation sites (N-methyl/N-ethyl adjacent to an activating group) is 1. The van der Waals surface area contributed by atoms with Crippen LogP contribution >= 0.6 is 0 Å². The smallest absolute Gasteiger partial charge is 0.192 e. The summed E-state index contributed by atoms with van der Waals surface area (Å²) in [5.41, 5.74) is 0.715. The highest BCUT2D eigenvalue weighted by atomic mass is 16.1. The van der Waals surface area contributed by atoms with E-state index in [0.717, 1.165) is 12.5 Å². The molecule has 1 fully saturated rings. The topological polar surface area (TPSA) is 36.1 Å². The lowest BCUT2D eigenvalue weighted by molar-refractivity contribution is 0.0940. The van der Waals surface area contributed by atoms with Crippen molar-refractivity contribution in [2.45, 2.75) is 12.8 Å². The number of nitrogens with zero attached hydrogens (tertiary/aromatic N) is 1. The fourth-order valence-corrected chi connectivity index (χ4v) is 1.64. The lowest BCUT2D eigenvalue weighted by Crippen LogP contribution is -2.28. The number of rotatable bonds is 5. The zero-order valence-electron chi connectivity index (χ0n) is 8.49. The molecule has 76 valence electrons. The zero-order chi connectivity index (χ0) is 9.97. The molecular weight excluding hydrogens is 176 g/mol. The van der Waals surface area contributed by atoms with Crippen LogP contribution in [-0.2, 0) is 0 Å². The molecule has 0 spiro atoms. The monoisotopic (exact) mass is 192 g/mol. The standard InChI is InChI=1S/C11H16N2O/c1-13(7-9-4-5-9)8-11(14)10-3-2-6-12-10/h2-3,6,9,12H,4-5,7-8H2,1H3. The average Bonchev–Trinajstić information content (AvgIpc) is 2.80. The lowest BCUT2D eigenvalue weighted by Gasteiger charge is -2.14. The molecule has 0 aliphatic heterocycles. The van der Waals surface area contributed by atoms with Crippen LogP contribution in [0.2, 0.25) is 0 Å². The molecule has 2 rings (SSSR count). The molecule has 1 aliphatic carbocycles. The van der Waals surface area contributed by atoms with Gasteiger partial charge in [0.1, 0.15) is 0 Å². The number of carbonyl (C=O) groups excluding carboxylic acids is 1. The third kappa shape index (κ3) is 2.45. The van der Waals surface area contributed by atoms with Crippen molar-refractivity contribution in [3.05, 3.63) is 24.0 Å². The van der Waals surface area contributed by atoms with Gasteiger partial charge in [-0.05, 0) is 37.9 Å². The van der Waals surface area contributed by atoms with Crippen LogP contribution in [0.1, 0.15) is 23.3 Å². The number of ketones is 1. The normalized spacial score (nSPS) is 16.1. The second-order valence-corrected chi connectivity index (χ2v) is 4.15. The largest absolute Gasteiger partial charge is 0.359 e. The third-order valence-corrected chi connectivity index (χ3v) is 2.58. The van der Waals surface area contributed by atoms with Gasteiger partial charge in [0.15, 0.2) is 5.78 Å². The predicted molar refractivity (Wildman–Crippen MR) is 55.3 cm³/mol. The Morgan fingerprint density at radius 2 is 2.43 bits per heavy atom. The van der Waals surface area contributed by atoms with Crippen LogP contribution in [0.3, 0.4) is 0 Å². The number of aromatic amines is 1. The van der Waals surface area contributed by atoms with Gasteiger partial charge in [0.25, 0.3) is 0 Å². The Morgan fingerprint density at radius 3 is 3.00 bits per heavy atom. The van der Waals surface area contributed by atoms with E-state index in [1.54, 1.807) is 6.20 Å². The first kappa shape index (κ1) is 9.46. The van der Waals surface area contributed by atoms with E-state index in [-0.39, 0.29) is 5.78 Å². The van der Waals surface area contributed by atoms with Crippen molar-refractivity contribution in [1.29, 1.82) is 0 Å². The highest BCUT2D eigenvalue weighted by molar-refractivity contribution is 5.95. The van der Waals surface area contributed by atoms with Crippen LogP contribution in [0.5, 0.6) is 0 Å². The quantitative estimate of drug-likeness (QED) is 0.718. The molecule has 1 aromatic heterocycles. The lowest BCUT2D eigenvalue weighted by atomic mass is 10.2. The third-order valence-electron chi connectivity index (χ3n) is 2.58. The number of hydrogen-bond donors (Lipinski definition) is 1. The van der Waals surface area contributed by atoms with Gasteiger partial charge in [-0.15, -0.1) is 0 Å². The fourth-order valence-electron chi connectivity index (χ4n) is 1.64. The fraction of sp³-hybridized carbons (Fsp3) is 0.545. The molecule has 1 aliphatic rings. The summed E-state index contributed by atoms with van der Waals surface area (Å²) < 4.78 is 0. The Balaban J connectivity index is 1.81. The SMILES string of the molecule is CN(CC(=O)c1ccc[nH]1)CC1CC1. The van der Waals surface area contributed by atoms with E-state index in [2.05, 4.69) is 9.88 Å². The highest BCUT2D eigenvalue weighted by Crippen LogP contribution is 2.29. The van der Waals surface area contributed by atoms with Crippen molar-refractivity contribution >= 4 is 5.78 Å². The van der Waals surface area contributed by atoms with Crippen molar-refractivity contribution in [3.8, 4) is 0 Å². The van der Waals surface area contributed by atoms with Gasteiger partial charge >= 0.3 is 0 Å². The highest BCUT2D eigenvalue weighted by Gasteiger charge is 2.23. The summed E-state index contributed by atoms with van der Waals surface area (Å²) in [6, 6.07) is 3.68. The van der Waals surface area contributed by atoms with Gasteiger partial charge in [-0.1, -0.05) is 0 Å². The predicted octanol–water partition coefficient (Wildman–Crippen LogP) is 1.54. The molecule has 0 bridgehead atoms. The summed E-state index contributed by atoms with van der Waals surface area (Å²) in [4.78, 5) is 16.7. The van der Waals surface area contributed by atoms with E-state index in [1.807, 2.05) is 19.2 Å². The Morgan fingerprint density at radius 1 is 1.64 bits per heavy atom. The molecule has 3 heteroatoms. The van der Waals surface area contributed by atoms with Gasteiger partial charge < -0.3 is 4.98 Å². The molecule has 0 radical (unpaired) electrons. The van der Waals surface area contributed by atoms with Crippen LogP contribution < -0.4 is 0 Å². The molecule has 0 aromatic carbocycles. The average molecular weight is 192 g/mol. The number of nitrogens with one attached hydrogen (secondary N) is 1. The summed E-state index contributed by atoms with van der Waals surface area (Å²) in [7, 11) is 2.01. The molecule has 1 N–H and O–H groups in total. The van der Waals surface area contributed by atoms with Crippen molar-refractivity contribution in [3.63, 3.8) is 0 Å². The van der Waals surface area contributed by atoms with Gasteiger partial charge in [0.2, 0.25) is 0 Å². The van der Waals surface area contributed by atoms with Crippen LogP contribution in [0.4, 0.5) is 0 Å². The first-order valence-corrected chi connectivity index (χ1v) is 5.11. The van der Waals surface area contributed by atoms with Crippen molar-refractivity contribution in [2.75, 3.05) is 20.1 Å². The summed E-state index contributed by atoms with van der Waals surface area (Å²) >= 11 is 0. The maximum Gasteiger partial charge on any atom is 0.192 e. The summed E-state index contributed by atoms with van der Waals surface area (Å²) in [5, 5.41) is 0. The molecular formula is C11H16N2O. The minimum Gasteiger partial charge on any atom is -0.359 e. The van der Waals surface area contributed by atoms with Gasteiger partial charge in [-0.25, -0.2) is 0 Å². The zero-order valence-corrected chi connectivity index (χ0v) is 8.49. The van der Waals surface area contributed by atoms with E-state index in [9.17, 15) is 4.79 Å². The first-order chi connectivity index (χ1) is 6.75. The number of hydrogen-bond acceptors (Lipinski definition) is 2. The van der Waals surface area contributed by atoms with Gasteiger partial charge in [-0.3, -0.25) is 9.69 Å². The van der Waals surface area contributed by atoms with Crippen molar-refractivity contribution in [1.82, 2.24) is 9.88 Å². The Kier molecular flexibility index (Phi) is 2.68. The maximum atomic E-state index is 11.6. The van der Waals surface area contributed by atoms with Crippen LogP contribution in [0, 0.1) is 5.92 Å². The van der Waals surface area contributed by atoms with E-state index in [4.69, 9.17) is 0 Å². The minimum atomic E-state index is 0.179. The molecule has 14 heavy (non-hydrogen) atoms. The maximum absolute atomic E-state index is 11.6. The van der Waals surface area contributed by atoms with Crippen LogP contribution in [0.25, 0.3) is 0 Å². The summed E-state index contributed by atoms with van der Waals surface area (Å²) in [6.07, 6.45) is 4.45. The van der Waals surface area contributed by atoms with E-state index < -0.39 is 0 Å². The van der Waals surface area contributed by atoms with E-state index in [0.29, 0.717) is 12.2 Å². The van der Waals surface area contributed by atoms with E-state index >= 15 is 0 Å². The van der Waals surface area contributed by atoms with Crippen LogP contribution in [0.15, 0.2) is 18.3 Å². The summed E-state index contributed by atoms with van der Waals surface area (Å²) in [5.74, 6) is 1.02. The van der Waals surface area contributed by atoms with Gasteiger partial charge in [0.05, 0.1) is 12.2 Å². The molecule has 0 atom stereocenters. The molecule has 0 saturated heterocycles. The first-order valence-electron chi connectivity index (χ1n) is 5.11. The van der Waals surface area contributed by atoms with E-state index in [1.165, 1.54) is 12.8 Å². The minimum absolute atomic E-state index is 0.179.